The van der Waals surface area contributed by atoms with E-state index in [-0.39, 0.29) is 13.0 Å². The van der Waals surface area contributed by atoms with Crippen molar-refractivity contribution in [1.82, 2.24) is 15.5 Å². The van der Waals surface area contributed by atoms with Crippen LogP contribution >= 0.6 is 0 Å². The zero-order valence-corrected chi connectivity index (χ0v) is 12.6. The van der Waals surface area contributed by atoms with Gasteiger partial charge in [-0.1, -0.05) is 25.0 Å². The monoisotopic (exact) mass is 317 g/mol. The first kappa shape index (κ1) is 16.5. The fourth-order valence-corrected chi connectivity index (χ4v) is 2.49. The summed E-state index contributed by atoms with van der Waals surface area (Å²) in [5, 5.41) is 5.00. The molecule has 2 N–H and O–H groups in total. The average Bonchev–Trinajstić information content (AvgIpc) is 2.78. The Morgan fingerprint density at radius 1 is 1.39 bits per heavy atom. The second kappa shape index (κ2) is 6.48. The summed E-state index contributed by atoms with van der Waals surface area (Å²) < 4.78 is 13.1. The van der Waals surface area contributed by atoms with Crippen LogP contribution in [0.1, 0.15) is 18.9 Å². The van der Waals surface area contributed by atoms with E-state index in [4.69, 9.17) is 6.42 Å². The molecule has 4 amide bonds. The van der Waals surface area contributed by atoms with Gasteiger partial charge in [-0.05, 0) is 24.1 Å². The molecule has 120 valence electrons. The van der Waals surface area contributed by atoms with Crippen LogP contribution in [0.15, 0.2) is 24.3 Å². The summed E-state index contributed by atoms with van der Waals surface area (Å²) >= 11 is 0. The molecule has 0 spiro atoms. The molecule has 1 aromatic carbocycles. The number of carbonyl (C=O) groups excluding carboxylic acids is 3. The van der Waals surface area contributed by atoms with Gasteiger partial charge in [0.15, 0.2) is 0 Å². The third kappa shape index (κ3) is 3.01. The Labute approximate surface area is 133 Å². The third-order valence-corrected chi connectivity index (χ3v) is 3.73. The molecule has 0 saturated carbocycles. The summed E-state index contributed by atoms with van der Waals surface area (Å²) in [7, 11) is 0. The predicted octanol–water partition coefficient (Wildman–Crippen LogP) is 0.732. The second-order valence-electron chi connectivity index (χ2n) is 5.07. The van der Waals surface area contributed by atoms with Gasteiger partial charge in [0.05, 0.1) is 6.54 Å². The highest BCUT2D eigenvalue weighted by atomic mass is 19.1. The highest BCUT2D eigenvalue weighted by Crippen LogP contribution is 2.32. The molecule has 1 aliphatic heterocycles. The van der Waals surface area contributed by atoms with Crippen molar-refractivity contribution in [3.05, 3.63) is 35.6 Å². The smallest absolute Gasteiger partial charge is 0.325 e. The van der Waals surface area contributed by atoms with Gasteiger partial charge in [-0.25, -0.2) is 9.18 Å². The first-order chi connectivity index (χ1) is 10.9. The molecule has 0 aromatic heterocycles. The number of hydrogen-bond donors (Lipinski definition) is 2. The SMILES string of the molecule is C#CCNC(=O)CN1C(=O)N[C@](CC)(c2ccc(F)cc2)C1=O. The number of imide groups is 1. The summed E-state index contributed by atoms with van der Waals surface area (Å²) in [4.78, 5) is 37.3. The maximum Gasteiger partial charge on any atom is 0.325 e. The summed E-state index contributed by atoms with van der Waals surface area (Å²) in [5.41, 5.74) is -0.830. The van der Waals surface area contributed by atoms with E-state index in [1.165, 1.54) is 24.3 Å². The van der Waals surface area contributed by atoms with Crippen LogP contribution in [-0.4, -0.2) is 35.8 Å². The molecule has 0 unspecified atom stereocenters. The molecule has 0 bridgehead atoms. The van der Waals surface area contributed by atoms with Crippen molar-refractivity contribution in [2.24, 2.45) is 0 Å². The Morgan fingerprint density at radius 3 is 2.61 bits per heavy atom. The lowest BCUT2D eigenvalue weighted by molar-refractivity contribution is -0.135. The van der Waals surface area contributed by atoms with E-state index in [1.54, 1.807) is 6.92 Å². The Balaban J connectivity index is 2.26. The Morgan fingerprint density at radius 2 is 2.04 bits per heavy atom. The number of benzene rings is 1. The van der Waals surface area contributed by atoms with Gasteiger partial charge in [0.1, 0.15) is 17.9 Å². The molecule has 1 aromatic rings. The highest BCUT2D eigenvalue weighted by molar-refractivity contribution is 6.09. The lowest BCUT2D eigenvalue weighted by atomic mass is 9.87. The van der Waals surface area contributed by atoms with Crippen molar-refractivity contribution < 1.29 is 18.8 Å². The molecule has 6 nitrogen and oxygen atoms in total. The summed E-state index contributed by atoms with van der Waals surface area (Å²) in [5.74, 6) is 0.712. The van der Waals surface area contributed by atoms with Crippen LogP contribution < -0.4 is 10.6 Å². The minimum atomic E-state index is -1.29. The molecular weight excluding hydrogens is 301 g/mol. The van der Waals surface area contributed by atoms with E-state index in [0.29, 0.717) is 5.56 Å². The van der Waals surface area contributed by atoms with Crippen LogP contribution in [0.3, 0.4) is 0 Å². The van der Waals surface area contributed by atoms with E-state index in [9.17, 15) is 18.8 Å². The van der Waals surface area contributed by atoms with Crippen molar-refractivity contribution in [3.8, 4) is 12.3 Å². The summed E-state index contributed by atoms with van der Waals surface area (Å²) in [6.45, 7) is 1.32. The topological polar surface area (TPSA) is 78.5 Å². The molecule has 1 aliphatic rings. The largest absolute Gasteiger partial charge is 0.344 e. The van der Waals surface area contributed by atoms with Crippen LogP contribution in [0.2, 0.25) is 0 Å². The first-order valence-electron chi connectivity index (χ1n) is 7.05. The first-order valence-corrected chi connectivity index (χ1v) is 7.05. The molecule has 7 heteroatoms. The number of halogens is 1. The Bertz CT molecular complexity index is 681. The van der Waals surface area contributed by atoms with E-state index >= 15 is 0 Å². The van der Waals surface area contributed by atoms with E-state index in [0.717, 1.165) is 4.90 Å². The summed E-state index contributed by atoms with van der Waals surface area (Å²) in [6, 6.07) is 4.65. The molecule has 0 aliphatic carbocycles. The second-order valence-corrected chi connectivity index (χ2v) is 5.07. The number of hydrogen-bond acceptors (Lipinski definition) is 3. The van der Waals surface area contributed by atoms with Gasteiger partial charge in [-0.15, -0.1) is 6.42 Å². The number of terminal acetylenes is 1. The van der Waals surface area contributed by atoms with Crippen LogP contribution in [0.25, 0.3) is 0 Å². The number of nitrogens with zero attached hydrogens (tertiary/aromatic N) is 1. The third-order valence-electron chi connectivity index (χ3n) is 3.73. The fourth-order valence-electron chi connectivity index (χ4n) is 2.49. The molecule has 23 heavy (non-hydrogen) atoms. The maximum absolute atomic E-state index is 13.1. The van der Waals surface area contributed by atoms with Crippen molar-refractivity contribution >= 4 is 17.8 Å². The molecule has 1 heterocycles. The van der Waals surface area contributed by atoms with Gasteiger partial charge < -0.3 is 10.6 Å². The number of urea groups is 1. The molecule has 1 fully saturated rings. The molecular formula is C16H16FN3O3. The quantitative estimate of drug-likeness (QED) is 0.621. The van der Waals surface area contributed by atoms with Crippen LogP contribution in [-0.2, 0) is 15.1 Å². The average molecular weight is 317 g/mol. The van der Waals surface area contributed by atoms with Crippen LogP contribution in [0.4, 0.5) is 9.18 Å². The molecule has 1 saturated heterocycles. The van der Waals surface area contributed by atoms with Crippen LogP contribution in [0, 0.1) is 18.2 Å². The van der Waals surface area contributed by atoms with Crippen molar-refractivity contribution in [2.45, 2.75) is 18.9 Å². The van der Waals surface area contributed by atoms with Gasteiger partial charge >= 0.3 is 6.03 Å². The zero-order valence-electron chi connectivity index (χ0n) is 12.6. The predicted molar refractivity (Wildman–Crippen MR) is 80.5 cm³/mol. The number of nitrogens with one attached hydrogen (secondary N) is 2. The summed E-state index contributed by atoms with van der Waals surface area (Å²) in [6.07, 6.45) is 5.31. The lowest BCUT2D eigenvalue weighted by Crippen LogP contribution is -2.44. The Kier molecular flexibility index (Phi) is 4.65. The fraction of sp³-hybridized carbons (Fsp3) is 0.312. The van der Waals surface area contributed by atoms with Gasteiger partial charge in [0.25, 0.3) is 5.91 Å². The van der Waals surface area contributed by atoms with Crippen molar-refractivity contribution in [2.75, 3.05) is 13.1 Å². The van der Waals surface area contributed by atoms with E-state index < -0.39 is 35.7 Å². The molecule has 1 atom stereocenters. The maximum atomic E-state index is 13.1. The molecule has 2 rings (SSSR count). The highest BCUT2D eigenvalue weighted by Gasteiger charge is 2.51. The standard InChI is InChI=1S/C16H16FN3O3/c1-3-9-18-13(21)10-20-14(22)16(4-2,19-15(20)23)11-5-7-12(17)8-6-11/h1,5-8H,4,9-10H2,2H3,(H,18,21)(H,19,23)/t16-/m1/s1. The lowest BCUT2D eigenvalue weighted by Gasteiger charge is -2.25. The Hall–Kier alpha value is -2.88. The minimum Gasteiger partial charge on any atom is -0.344 e. The van der Waals surface area contributed by atoms with Gasteiger partial charge in [-0.3, -0.25) is 14.5 Å². The van der Waals surface area contributed by atoms with Gasteiger partial charge in [0.2, 0.25) is 5.91 Å². The van der Waals surface area contributed by atoms with Gasteiger partial charge in [0, 0.05) is 0 Å². The number of carbonyl (C=O) groups is 3. The number of amides is 4. The van der Waals surface area contributed by atoms with E-state index in [2.05, 4.69) is 16.6 Å². The zero-order chi connectivity index (χ0) is 17.0. The van der Waals surface area contributed by atoms with E-state index in [1.807, 2.05) is 0 Å². The molecule has 0 radical (unpaired) electrons. The minimum absolute atomic E-state index is 0.0133. The van der Waals surface area contributed by atoms with Crippen molar-refractivity contribution in [3.63, 3.8) is 0 Å². The number of rotatable bonds is 5. The van der Waals surface area contributed by atoms with Crippen LogP contribution in [0.5, 0.6) is 0 Å². The van der Waals surface area contributed by atoms with Crippen molar-refractivity contribution in [1.29, 1.82) is 0 Å². The van der Waals surface area contributed by atoms with Gasteiger partial charge in [-0.2, -0.15) is 0 Å². The normalized spacial score (nSPS) is 20.1.